The number of nitrogens with zero attached hydrogens (tertiary/aromatic N) is 1. The molecule has 0 radical (unpaired) electrons. The number of ketones is 1. The lowest BCUT2D eigenvalue weighted by atomic mass is 10.0. The first-order chi connectivity index (χ1) is 11.9. The summed E-state index contributed by atoms with van der Waals surface area (Å²) < 4.78 is 0. The molecule has 5 heteroatoms. The first kappa shape index (κ1) is 18.5. The van der Waals surface area contributed by atoms with E-state index in [1.54, 1.807) is 19.9 Å². The van der Waals surface area contributed by atoms with Crippen molar-refractivity contribution in [3.8, 4) is 11.5 Å². The van der Waals surface area contributed by atoms with Gasteiger partial charge in [0.05, 0.1) is 12.6 Å². The summed E-state index contributed by atoms with van der Waals surface area (Å²) in [6, 6.07) is 12.3. The van der Waals surface area contributed by atoms with E-state index in [0.29, 0.717) is 23.3 Å². The van der Waals surface area contributed by atoms with Gasteiger partial charge >= 0.3 is 0 Å². The number of aliphatic imine (C=N–C) groups is 1. The third-order valence-corrected chi connectivity index (χ3v) is 4.11. The van der Waals surface area contributed by atoms with Gasteiger partial charge in [-0.25, -0.2) is 0 Å². The summed E-state index contributed by atoms with van der Waals surface area (Å²) in [5.41, 5.74) is 2.48. The average molecular weight is 340 g/mol. The highest BCUT2D eigenvalue weighted by atomic mass is 16.3. The Hall–Kier alpha value is -2.82. The molecule has 2 aromatic carbocycles. The molecule has 25 heavy (non-hydrogen) atoms. The minimum atomic E-state index is -0.362. The first-order valence-corrected chi connectivity index (χ1v) is 8.33. The second-order valence-electron chi connectivity index (χ2n) is 5.92. The molecule has 1 unspecified atom stereocenters. The molecule has 0 spiro atoms. The Morgan fingerprint density at radius 1 is 1.16 bits per heavy atom. The van der Waals surface area contributed by atoms with Crippen LogP contribution in [0.4, 0.5) is 5.69 Å². The van der Waals surface area contributed by atoms with Crippen LogP contribution in [0.15, 0.2) is 47.5 Å². The topological polar surface area (TPSA) is 81.9 Å². The molecule has 0 fully saturated rings. The van der Waals surface area contributed by atoms with Crippen LogP contribution < -0.4 is 5.32 Å². The molecule has 0 heterocycles. The normalized spacial score (nSPS) is 12.7. The quantitative estimate of drug-likeness (QED) is 0.672. The molecule has 0 aliphatic rings. The maximum Gasteiger partial charge on any atom is 0.175 e. The zero-order valence-electron chi connectivity index (χ0n) is 14.8. The van der Waals surface area contributed by atoms with Crippen LogP contribution in [-0.4, -0.2) is 34.3 Å². The number of anilines is 1. The van der Waals surface area contributed by atoms with Crippen LogP contribution >= 0.6 is 0 Å². The summed E-state index contributed by atoms with van der Waals surface area (Å²) >= 11 is 0. The monoisotopic (exact) mass is 340 g/mol. The van der Waals surface area contributed by atoms with E-state index in [0.717, 1.165) is 5.69 Å². The molecule has 3 N–H and O–H groups in total. The number of hydrogen-bond donors (Lipinski definition) is 3. The summed E-state index contributed by atoms with van der Waals surface area (Å²) in [6.45, 7) is 5.39. The molecule has 5 nitrogen and oxygen atoms in total. The molecule has 0 aliphatic heterocycles. The smallest absolute Gasteiger partial charge is 0.175 e. The van der Waals surface area contributed by atoms with Crippen LogP contribution in [0.1, 0.15) is 31.4 Å². The zero-order valence-corrected chi connectivity index (χ0v) is 14.8. The lowest BCUT2D eigenvalue weighted by Crippen LogP contribution is -2.28. The lowest BCUT2D eigenvalue weighted by molar-refractivity contribution is -0.118. The van der Waals surface area contributed by atoms with Crippen molar-refractivity contribution >= 4 is 17.2 Å². The Kier molecular flexibility index (Phi) is 6.17. The van der Waals surface area contributed by atoms with E-state index in [4.69, 9.17) is 0 Å². The van der Waals surface area contributed by atoms with Crippen molar-refractivity contribution in [2.45, 2.75) is 33.2 Å². The Bertz CT molecular complexity index is 770. The number of carbonyl (C=O) groups is 1. The number of rotatable bonds is 7. The number of para-hydroxylation sites is 1. The summed E-state index contributed by atoms with van der Waals surface area (Å²) in [4.78, 5) is 16.7. The Labute approximate surface area is 148 Å². The third-order valence-electron chi connectivity index (χ3n) is 4.11. The van der Waals surface area contributed by atoms with Gasteiger partial charge < -0.3 is 15.5 Å². The van der Waals surface area contributed by atoms with Crippen LogP contribution in [0.3, 0.4) is 0 Å². The van der Waals surface area contributed by atoms with E-state index in [-0.39, 0.29) is 29.9 Å². The van der Waals surface area contributed by atoms with Gasteiger partial charge in [0.2, 0.25) is 0 Å². The van der Waals surface area contributed by atoms with Crippen molar-refractivity contribution in [2.24, 2.45) is 4.99 Å². The van der Waals surface area contributed by atoms with Gasteiger partial charge in [-0.15, -0.1) is 0 Å². The molecule has 0 bridgehead atoms. The van der Waals surface area contributed by atoms with E-state index < -0.39 is 0 Å². The second-order valence-corrected chi connectivity index (χ2v) is 5.92. The molecule has 2 rings (SSSR count). The van der Waals surface area contributed by atoms with Gasteiger partial charge in [-0.1, -0.05) is 25.1 Å². The molecule has 0 aromatic heterocycles. The van der Waals surface area contributed by atoms with Gasteiger partial charge in [0.15, 0.2) is 5.78 Å². The van der Waals surface area contributed by atoms with Crippen LogP contribution in [0.25, 0.3) is 0 Å². The maximum absolute atomic E-state index is 12.3. The van der Waals surface area contributed by atoms with Crippen LogP contribution in [0.5, 0.6) is 11.5 Å². The Morgan fingerprint density at radius 3 is 2.48 bits per heavy atom. The van der Waals surface area contributed by atoms with Crippen molar-refractivity contribution in [2.75, 3.05) is 11.9 Å². The molecular weight excluding hydrogens is 316 g/mol. The van der Waals surface area contributed by atoms with Gasteiger partial charge in [-0.3, -0.25) is 9.79 Å². The molecule has 0 saturated carbocycles. The van der Waals surface area contributed by atoms with E-state index in [1.807, 2.05) is 37.3 Å². The number of carbonyl (C=O) groups excluding carboxylic acids is 1. The maximum atomic E-state index is 12.3. The van der Waals surface area contributed by atoms with Crippen molar-refractivity contribution in [1.82, 2.24) is 0 Å². The third kappa shape index (κ3) is 4.59. The van der Waals surface area contributed by atoms with Crippen LogP contribution in [0.2, 0.25) is 0 Å². The summed E-state index contributed by atoms with van der Waals surface area (Å²) in [6.07, 6.45) is 0.575. The molecule has 0 saturated heterocycles. The zero-order chi connectivity index (χ0) is 18.4. The van der Waals surface area contributed by atoms with Gasteiger partial charge in [0.25, 0.3) is 0 Å². The highest BCUT2D eigenvalue weighted by Crippen LogP contribution is 2.30. The minimum absolute atomic E-state index is 0.00325. The Balaban J connectivity index is 2.10. The fourth-order valence-corrected chi connectivity index (χ4v) is 2.48. The lowest BCUT2D eigenvalue weighted by Gasteiger charge is -2.14. The number of nitrogens with one attached hydrogen (secondary N) is 1. The molecule has 132 valence electrons. The standard InChI is InChI=1S/C20H24N2O3/c1-4-17(16-10-11-18(23)13(2)20(16)25)21-12-19(24)14(3)22-15-8-6-5-7-9-15/h5-11,14,22-23,25H,4,12H2,1-3H3. The second kappa shape index (κ2) is 8.33. The average Bonchev–Trinajstić information content (AvgIpc) is 2.62. The predicted octanol–water partition coefficient (Wildman–Crippen LogP) is 3.68. The summed E-state index contributed by atoms with van der Waals surface area (Å²) in [7, 11) is 0. The predicted molar refractivity (Wildman–Crippen MR) is 101 cm³/mol. The van der Waals surface area contributed by atoms with Crippen molar-refractivity contribution in [1.29, 1.82) is 0 Å². The first-order valence-electron chi connectivity index (χ1n) is 8.33. The number of benzene rings is 2. The van der Waals surface area contributed by atoms with Crippen LogP contribution in [0, 0.1) is 6.92 Å². The fourth-order valence-electron chi connectivity index (χ4n) is 2.48. The highest BCUT2D eigenvalue weighted by molar-refractivity contribution is 6.04. The SMILES string of the molecule is CCC(=NCC(=O)C(C)Nc1ccccc1)c1ccc(O)c(C)c1O. The number of phenols is 2. The van der Waals surface area contributed by atoms with Crippen molar-refractivity contribution in [3.05, 3.63) is 53.6 Å². The van der Waals surface area contributed by atoms with E-state index in [1.165, 1.54) is 6.07 Å². The van der Waals surface area contributed by atoms with Gasteiger partial charge in [0, 0.05) is 22.5 Å². The fraction of sp³-hybridized carbons (Fsp3) is 0.300. The largest absolute Gasteiger partial charge is 0.508 e. The number of aromatic hydroxyl groups is 2. The summed E-state index contributed by atoms with van der Waals surface area (Å²) in [5, 5.41) is 23.0. The molecule has 2 aromatic rings. The molecular formula is C20H24N2O3. The summed E-state index contributed by atoms with van der Waals surface area (Å²) in [5.74, 6) is 0.00163. The molecule has 1 atom stereocenters. The van der Waals surface area contributed by atoms with Crippen molar-refractivity contribution < 1.29 is 15.0 Å². The molecule has 0 aliphatic carbocycles. The van der Waals surface area contributed by atoms with E-state index in [9.17, 15) is 15.0 Å². The van der Waals surface area contributed by atoms with Gasteiger partial charge in [0.1, 0.15) is 11.5 Å². The van der Waals surface area contributed by atoms with Gasteiger partial charge in [-0.2, -0.15) is 0 Å². The van der Waals surface area contributed by atoms with Crippen molar-refractivity contribution in [3.63, 3.8) is 0 Å². The van der Waals surface area contributed by atoms with E-state index >= 15 is 0 Å². The Morgan fingerprint density at radius 2 is 1.84 bits per heavy atom. The number of hydrogen-bond acceptors (Lipinski definition) is 5. The van der Waals surface area contributed by atoms with Gasteiger partial charge in [-0.05, 0) is 44.5 Å². The highest BCUT2D eigenvalue weighted by Gasteiger charge is 2.15. The molecule has 0 amide bonds. The van der Waals surface area contributed by atoms with Crippen LogP contribution in [-0.2, 0) is 4.79 Å². The minimum Gasteiger partial charge on any atom is -0.508 e. The van der Waals surface area contributed by atoms with E-state index in [2.05, 4.69) is 10.3 Å². The number of Topliss-reactive ketones (excluding diaryl/α,β-unsaturated/α-hetero) is 1. The number of phenolic OH excluding ortho intramolecular Hbond substituents is 2.